The third-order valence-corrected chi connectivity index (χ3v) is 9.00. The van der Waals surface area contributed by atoms with Gasteiger partial charge in [0, 0.05) is 5.39 Å². The van der Waals surface area contributed by atoms with Crippen molar-refractivity contribution >= 4 is 45.3 Å². The summed E-state index contributed by atoms with van der Waals surface area (Å²) in [6.45, 7) is 0. The van der Waals surface area contributed by atoms with Crippen molar-refractivity contribution in [3.8, 4) is 33.4 Å². The summed E-state index contributed by atoms with van der Waals surface area (Å²) in [5.74, 6) is 0. The lowest BCUT2D eigenvalue weighted by Crippen LogP contribution is -2.25. The van der Waals surface area contributed by atoms with Crippen LogP contribution in [0, 0.1) is 0 Å². The first-order chi connectivity index (χ1) is 19.7. The molecule has 7 aromatic rings. The molecule has 2 aliphatic rings. The van der Waals surface area contributed by atoms with Gasteiger partial charge >= 0.3 is 0 Å². The van der Waals surface area contributed by atoms with Gasteiger partial charge < -0.3 is 4.42 Å². The summed E-state index contributed by atoms with van der Waals surface area (Å²) in [5.41, 5.74) is 14.0. The summed E-state index contributed by atoms with van der Waals surface area (Å²) in [5, 5.41) is 1.16. The molecule has 9 rings (SSSR count). The predicted octanol–water partition coefficient (Wildman–Crippen LogP) is 9.69. The third kappa shape index (κ3) is 2.66. The molecule has 5 aromatic carbocycles. The number of hydrogen-bond acceptors (Lipinski definition) is 3. The molecule has 0 radical (unpaired) electrons. The van der Waals surface area contributed by atoms with Crippen LogP contribution in [0.3, 0.4) is 0 Å². The Hall–Kier alpha value is -4.44. The molecule has 2 aliphatic carbocycles. The average molecular weight is 553 g/mol. The predicted molar refractivity (Wildman–Crippen MR) is 161 cm³/mol. The minimum atomic E-state index is -0.379. The van der Waals surface area contributed by atoms with Crippen LogP contribution in [0.5, 0.6) is 0 Å². The van der Waals surface area contributed by atoms with Crippen LogP contribution in [0.2, 0.25) is 10.4 Å². The lowest BCUT2D eigenvalue weighted by Gasteiger charge is -2.30. The van der Waals surface area contributed by atoms with Crippen LogP contribution >= 0.6 is 23.2 Å². The van der Waals surface area contributed by atoms with Gasteiger partial charge in [0.15, 0.2) is 10.7 Å². The molecule has 0 saturated heterocycles. The number of benzene rings is 5. The van der Waals surface area contributed by atoms with E-state index in [0.717, 1.165) is 16.5 Å². The Labute approximate surface area is 239 Å². The average Bonchev–Trinajstić information content (AvgIpc) is 3.61. The van der Waals surface area contributed by atoms with E-state index in [1.807, 2.05) is 6.07 Å². The zero-order chi connectivity index (χ0) is 26.6. The highest BCUT2D eigenvalue weighted by atomic mass is 35.5. The molecule has 5 heteroatoms. The van der Waals surface area contributed by atoms with E-state index >= 15 is 0 Å². The van der Waals surface area contributed by atoms with E-state index in [1.165, 1.54) is 44.5 Å². The summed E-state index contributed by atoms with van der Waals surface area (Å²) in [6, 6.07) is 39.4. The fraction of sp³-hybridized carbons (Fsp3) is 0.0286. The molecule has 0 fully saturated rings. The van der Waals surface area contributed by atoms with Crippen LogP contribution in [-0.2, 0) is 5.41 Å². The summed E-state index contributed by atoms with van der Waals surface area (Å²) in [7, 11) is 0. The van der Waals surface area contributed by atoms with Crippen LogP contribution < -0.4 is 0 Å². The van der Waals surface area contributed by atoms with Crippen LogP contribution in [0.15, 0.2) is 114 Å². The molecule has 2 aromatic heterocycles. The lowest BCUT2D eigenvalue weighted by molar-refractivity contribution is 0.666. The highest BCUT2D eigenvalue weighted by Crippen LogP contribution is 2.63. The SMILES string of the molecule is Clc1nc(Cl)c2oc3ccc(-c4cccc5c4-c4ccccc4C54c5ccccc5-c5ccccc54)cc3c2n1. The largest absolute Gasteiger partial charge is 0.451 e. The number of aromatic nitrogens is 2. The van der Waals surface area contributed by atoms with E-state index in [4.69, 9.17) is 27.6 Å². The highest BCUT2D eigenvalue weighted by Gasteiger charge is 2.51. The first-order valence-corrected chi connectivity index (χ1v) is 13.9. The van der Waals surface area contributed by atoms with Gasteiger partial charge in [0.2, 0.25) is 5.28 Å². The van der Waals surface area contributed by atoms with E-state index in [1.54, 1.807) is 0 Å². The molecule has 188 valence electrons. The van der Waals surface area contributed by atoms with Gasteiger partial charge in [-0.25, -0.2) is 9.97 Å². The number of nitrogens with zero attached hydrogens (tertiary/aromatic N) is 2. The lowest BCUT2D eigenvalue weighted by atomic mass is 9.70. The van der Waals surface area contributed by atoms with Crippen molar-refractivity contribution < 1.29 is 4.42 Å². The second-order valence-electron chi connectivity index (χ2n) is 10.4. The summed E-state index contributed by atoms with van der Waals surface area (Å²) >= 11 is 12.5. The molecule has 0 amide bonds. The Kier molecular flexibility index (Phi) is 4.37. The molecule has 0 bridgehead atoms. The maximum atomic E-state index is 6.35. The Morgan fingerprint density at radius 1 is 0.575 bits per heavy atom. The van der Waals surface area contributed by atoms with Gasteiger partial charge in [-0.1, -0.05) is 109 Å². The number of fused-ring (bicyclic) bond motifs is 13. The van der Waals surface area contributed by atoms with E-state index in [2.05, 4.69) is 113 Å². The van der Waals surface area contributed by atoms with Gasteiger partial charge in [0.05, 0.1) is 5.41 Å². The molecule has 3 nitrogen and oxygen atoms in total. The topological polar surface area (TPSA) is 38.9 Å². The number of rotatable bonds is 1. The molecule has 40 heavy (non-hydrogen) atoms. The zero-order valence-corrected chi connectivity index (χ0v) is 22.5. The quantitative estimate of drug-likeness (QED) is 0.150. The molecule has 0 aliphatic heterocycles. The van der Waals surface area contributed by atoms with Crippen molar-refractivity contribution in [3.05, 3.63) is 142 Å². The molecule has 0 atom stereocenters. The fourth-order valence-corrected chi connectivity index (χ4v) is 7.56. The zero-order valence-electron chi connectivity index (χ0n) is 21.0. The molecular formula is C35H18Cl2N2O. The summed E-state index contributed by atoms with van der Waals surface area (Å²) in [6.07, 6.45) is 0. The van der Waals surface area contributed by atoms with Gasteiger partial charge in [-0.3, -0.25) is 0 Å². The van der Waals surface area contributed by atoms with Crippen molar-refractivity contribution in [3.63, 3.8) is 0 Å². The smallest absolute Gasteiger partial charge is 0.224 e. The van der Waals surface area contributed by atoms with Gasteiger partial charge in [-0.2, -0.15) is 0 Å². The second kappa shape index (κ2) is 7.82. The van der Waals surface area contributed by atoms with Crippen LogP contribution in [0.1, 0.15) is 22.3 Å². The molecule has 2 heterocycles. The molecule has 0 unspecified atom stereocenters. The molecule has 0 saturated carbocycles. The molecule has 0 N–H and O–H groups in total. The Morgan fingerprint density at radius 3 is 1.90 bits per heavy atom. The Bertz CT molecular complexity index is 2170. The van der Waals surface area contributed by atoms with E-state index in [0.29, 0.717) is 16.7 Å². The maximum absolute atomic E-state index is 6.35. The van der Waals surface area contributed by atoms with Gasteiger partial charge in [0.1, 0.15) is 11.1 Å². The van der Waals surface area contributed by atoms with Gasteiger partial charge in [0.25, 0.3) is 0 Å². The van der Waals surface area contributed by atoms with Crippen molar-refractivity contribution in [2.24, 2.45) is 0 Å². The number of halogens is 2. The second-order valence-corrected chi connectivity index (χ2v) is 11.1. The van der Waals surface area contributed by atoms with E-state index in [9.17, 15) is 0 Å². The van der Waals surface area contributed by atoms with E-state index < -0.39 is 0 Å². The first-order valence-electron chi connectivity index (χ1n) is 13.1. The van der Waals surface area contributed by atoms with Gasteiger partial charge in [-0.05, 0) is 79.4 Å². The monoisotopic (exact) mass is 552 g/mol. The Morgan fingerprint density at radius 2 is 1.18 bits per heavy atom. The maximum Gasteiger partial charge on any atom is 0.224 e. The standard InChI is InChI=1S/C35H18Cl2N2O/c36-33-32-31(38-34(37)39-33)24-18-19(16-17-29(24)40-32)20-11-7-15-28-30(20)23-10-3-6-14-27(23)35(28)25-12-4-1-8-21(25)22-9-2-5-13-26(22)35/h1-18H. The summed E-state index contributed by atoms with van der Waals surface area (Å²) in [4.78, 5) is 8.51. The molecular weight excluding hydrogens is 535 g/mol. The van der Waals surface area contributed by atoms with Crippen LogP contribution in [0.4, 0.5) is 0 Å². The highest BCUT2D eigenvalue weighted by molar-refractivity contribution is 6.36. The minimum absolute atomic E-state index is 0.0978. The van der Waals surface area contributed by atoms with Crippen LogP contribution in [0.25, 0.3) is 55.4 Å². The number of hydrogen-bond donors (Lipinski definition) is 0. The van der Waals surface area contributed by atoms with E-state index in [-0.39, 0.29) is 15.9 Å². The fourth-order valence-electron chi connectivity index (χ4n) is 7.14. The first kappa shape index (κ1) is 22.4. The minimum Gasteiger partial charge on any atom is -0.451 e. The van der Waals surface area contributed by atoms with Crippen molar-refractivity contribution in [1.82, 2.24) is 9.97 Å². The van der Waals surface area contributed by atoms with Gasteiger partial charge in [-0.15, -0.1) is 0 Å². The Balaban J connectivity index is 1.38. The number of furan rings is 1. The van der Waals surface area contributed by atoms with Crippen LogP contribution in [-0.4, -0.2) is 9.97 Å². The normalized spacial score (nSPS) is 13.9. The van der Waals surface area contributed by atoms with Crippen molar-refractivity contribution in [1.29, 1.82) is 0 Å². The van der Waals surface area contributed by atoms with Crippen molar-refractivity contribution in [2.75, 3.05) is 0 Å². The third-order valence-electron chi connectivity index (χ3n) is 8.58. The summed E-state index contributed by atoms with van der Waals surface area (Å²) < 4.78 is 6.02. The molecule has 1 spiro atoms. The van der Waals surface area contributed by atoms with Crippen molar-refractivity contribution in [2.45, 2.75) is 5.41 Å².